The summed E-state index contributed by atoms with van der Waals surface area (Å²) in [5.41, 5.74) is 0. The lowest BCUT2D eigenvalue weighted by molar-refractivity contribution is -0.872. The van der Waals surface area contributed by atoms with Crippen molar-refractivity contribution in [1.29, 1.82) is 0 Å². The molecule has 1 rings (SSSR count). The monoisotopic (exact) mass is 170 g/mol. The highest BCUT2D eigenvalue weighted by atomic mass is 16.1. The van der Waals surface area contributed by atoms with E-state index < -0.39 is 0 Å². The Morgan fingerprint density at radius 3 is 2.25 bits per heavy atom. The fourth-order valence-electron chi connectivity index (χ4n) is 1.98. The molecule has 0 aromatic carbocycles. The molecule has 1 saturated carbocycles. The summed E-state index contributed by atoms with van der Waals surface area (Å²) in [5, 5.41) is 0. The summed E-state index contributed by atoms with van der Waals surface area (Å²) in [6.07, 6.45) is 2.21. The molecule has 0 amide bonds. The lowest BCUT2D eigenvalue weighted by Crippen LogP contribution is -2.40. The van der Waals surface area contributed by atoms with E-state index in [2.05, 4.69) is 28.1 Å². The second-order valence-electron chi connectivity index (χ2n) is 5.05. The van der Waals surface area contributed by atoms with E-state index in [-0.39, 0.29) is 0 Å². The molecule has 1 aliphatic rings. The van der Waals surface area contributed by atoms with Crippen molar-refractivity contribution in [2.75, 3.05) is 27.7 Å². The molecule has 0 heterocycles. The molecule has 1 aliphatic carbocycles. The Labute approximate surface area is 75.1 Å². The van der Waals surface area contributed by atoms with E-state index in [0.717, 1.165) is 23.9 Å². The molecule has 2 heteroatoms. The minimum Gasteiger partial charge on any atom is -0.330 e. The number of nitrogens with zero attached hydrogens (tertiary/aromatic N) is 1. The molecule has 0 aromatic heterocycles. The summed E-state index contributed by atoms with van der Waals surface area (Å²) in [4.78, 5) is 11.6. The molecular formula is C10H20NO+. The molecule has 0 bridgehead atoms. The Balaban J connectivity index is 2.50. The van der Waals surface area contributed by atoms with Gasteiger partial charge in [-0.25, -0.2) is 0 Å². The first-order valence-corrected chi connectivity index (χ1v) is 4.74. The van der Waals surface area contributed by atoms with Crippen LogP contribution in [0, 0.1) is 11.8 Å². The van der Waals surface area contributed by atoms with Crippen molar-refractivity contribution in [3.8, 4) is 0 Å². The van der Waals surface area contributed by atoms with Crippen LogP contribution in [0.1, 0.15) is 19.8 Å². The second kappa shape index (κ2) is 3.17. The topological polar surface area (TPSA) is 17.1 Å². The SMILES string of the molecule is CC1CCC(C[N+](C)(C)C)C1=O. The number of Topliss-reactive ketones (excluding diaryl/α,β-unsaturated/α-hetero) is 1. The highest BCUT2D eigenvalue weighted by Gasteiger charge is 2.34. The molecule has 0 spiro atoms. The van der Waals surface area contributed by atoms with Crippen LogP contribution < -0.4 is 0 Å². The predicted molar refractivity (Wildman–Crippen MR) is 49.8 cm³/mol. The number of carbonyl (C=O) groups excluding carboxylic acids is 1. The first kappa shape index (κ1) is 9.72. The van der Waals surface area contributed by atoms with Crippen LogP contribution in [0.5, 0.6) is 0 Å². The number of carbonyl (C=O) groups is 1. The quantitative estimate of drug-likeness (QED) is 0.571. The Hall–Kier alpha value is -0.370. The van der Waals surface area contributed by atoms with Gasteiger partial charge in [-0.2, -0.15) is 0 Å². The van der Waals surface area contributed by atoms with Gasteiger partial charge in [-0.05, 0) is 12.8 Å². The molecule has 0 saturated heterocycles. The summed E-state index contributed by atoms with van der Waals surface area (Å²) < 4.78 is 0.906. The molecule has 0 radical (unpaired) electrons. The number of quaternary nitrogens is 1. The molecule has 2 unspecified atom stereocenters. The van der Waals surface area contributed by atoms with Gasteiger partial charge in [0.2, 0.25) is 0 Å². The van der Waals surface area contributed by atoms with Gasteiger partial charge in [0, 0.05) is 5.92 Å². The summed E-state index contributed by atoms with van der Waals surface area (Å²) in [6.45, 7) is 3.06. The number of hydrogen-bond donors (Lipinski definition) is 0. The smallest absolute Gasteiger partial charge is 0.144 e. The maximum atomic E-state index is 11.6. The standard InChI is InChI=1S/C10H20NO/c1-8-5-6-9(10(8)12)7-11(2,3)4/h8-9H,5-7H2,1-4H3/q+1. The lowest BCUT2D eigenvalue weighted by atomic mass is 10.0. The van der Waals surface area contributed by atoms with E-state index in [1.807, 2.05) is 0 Å². The Bertz CT molecular complexity index is 181. The summed E-state index contributed by atoms with van der Waals surface area (Å²) >= 11 is 0. The van der Waals surface area contributed by atoms with Gasteiger partial charge < -0.3 is 4.48 Å². The van der Waals surface area contributed by atoms with Gasteiger partial charge in [0.1, 0.15) is 5.78 Å². The van der Waals surface area contributed by atoms with E-state index in [1.54, 1.807) is 0 Å². The third kappa shape index (κ3) is 2.31. The number of rotatable bonds is 2. The van der Waals surface area contributed by atoms with E-state index >= 15 is 0 Å². The zero-order chi connectivity index (χ0) is 9.35. The molecule has 2 nitrogen and oxygen atoms in total. The van der Waals surface area contributed by atoms with Gasteiger partial charge in [0.05, 0.1) is 33.6 Å². The molecular weight excluding hydrogens is 150 g/mol. The van der Waals surface area contributed by atoms with E-state index in [1.165, 1.54) is 0 Å². The van der Waals surface area contributed by atoms with E-state index in [0.29, 0.717) is 17.6 Å². The molecule has 1 fully saturated rings. The van der Waals surface area contributed by atoms with E-state index in [9.17, 15) is 4.79 Å². The van der Waals surface area contributed by atoms with Crippen molar-refractivity contribution in [1.82, 2.24) is 0 Å². The van der Waals surface area contributed by atoms with Crippen LogP contribution in [0.4, 0.5) is 0 Å². The average molecular weight is 170 g/mol. The fourth-order valence-corrected chi connectivity index (χ4v) is 1.98. The van der Waals surface area contributed by atoms with Crippen LogP contribution >= 0.6 is 0 Å². The van der Waals surface area contributed by atoms with Crippen LogP contribution in [0.15, 0.2) is 0 Å². The van der Waals surface area contributed by atoms with Crippen molar-refractivity contribution < 1.29 is 9.28 Å². The highest BCUT2D eigenvalue weighted by molar-refractivity contribution is 5.85. The number of ketones is 1. The van der Waals surface area contributed by atoms with Crippen molar-refractivity contribution in [3.05, 3.63) is 0 Å². The van der Waals surface area contributed by atoms with Gasteiger partial charge in [0.15, 0.2) is 0 Å². The Morgan fingerprint density at radius 2 is 1.92 bits per heavy atom. The van der Waals surface area contributed by atoms with Crippen LogP contribution in [0.3, 0.4) is 0 Å². The summed E-state index contributed by atoms with van der Waals surface area (Å²) in [6, 6.07) is 0. The van der Waals surface area contributed by atoms with Crippen molar-refractivity contribution in [2.45, 2.75) is 19.8 Å². The molecule has 12 heavy (non-hydrogen) atoms. The van der Waals surface area contributed by atoms with Gasteiger partial charge in [-0.1, -0.05) is 6.92 Å². The zero-order valence-corrected chi connectivity index (χ0v) is 8.63. The van der Waals surface area contributed by atoms with Crippen LogP contribution in [-0.2, 0) is 4.79 Å². The van der Waals surface area contributed by atoms with E-state index in [4.69, 9.17) is 0 Å². The fraction of sp³-hybridized carbons (Fsp3) is 0.900. The van der Waals surface area contributed by atoms with Gasteiger partial charge in [0.25, 0.3) is 0 Å². The van der Waals surface area contributed by atoms with Crippen LogP contribution in [-0.4, -0.2) is 38.0 Å². The minimum atomic E-state index is 0.321. The summed E-state index contributed by atoms with van der Waals surface area (Å²) in [7, 11) is 6.45. The van der Waals surface area contributed by atoms with Crippen LogP contribution in [0.25, 0.3) is 0 Å². The van der Waals surface area contributed by atoms with Crippen molar-refractivity contribution >= 4 is 5.78 Å². The van der Waals surface area contributed by atoms with Gasteiger partial charge >= 0.3 is 0 Å². The molecule has 0 aromatic rings. The Morgan fingerprint density at radius 1 is 1.33 bits per heavy atom. The second-order valence-corrected chi connectivity index (χ2v) is 5.05. The van der Waals surface area contributed by atoms with Crippen molar-refractivity contribution in [2.24, 2.45) is 11.8 Å². The first-order chi connectivity index (χ1) is 5.40. The lowest BCUT2D eigenvalue weighted by Gasteiger charge is -2.26. The average Bonchev–Trinajstić information content (AvgIpc) is 2.16. The molecule has 0 N–H and O–H groups in total. The molecule has 2 atom stereocenters. The number of hydrogen-bond acceptors (Lipinski definition) is 1. The maximum Gasteiger partial charge on any atom is 0.144 e. The van der Waals surface area contributed by atoms with Crippen LogP contribution in [0.2, 0.25) is 0 Å². The minimum absolute atomic E-state index is 0.321. The molecule has 0 aliphatic heterocycles. The zero-order valence-electron chi connectivity index (χ0n) is 8.63. The summed E-state index contributed by atoms with van der Waals surface area (Å²) in [5.74, 6) is 1.14. The third-order valence-corrected chi connectivity index (χ3v) is 2.60. The Kier molecular flexibility index (Phi) is 2.57. The highest BCUT2D eigenvalue weighted by Crippen LogP contribution is 2.27. The maximum absolute atomic E-state index is 11.6. The third-order valence-electron chi connectivity index (χ3n) is 2.60. The first-order valence-electron chi connectivity index (χ1n) is 4.74. The predicted octanol–water partition coefficient (Wildman–Crippen LogP) is 1.31. The normalized spacial score (nSPS) is 31.2. The van der Waals surface area contributed by atoms with Gasteiger partial charge in [-0.15, -0.1) is 0 Å². The largest absolute Gasteiger partial charge is 0.330 e. The van der Waals surface area contributed by atoms with Gasteiger partial charge in [-0.3, -0.25) is 4.79 Å². The van der Waals surface area contributed by atoms with Crippen molar-refractivity contribution in [3.63, 3.8) is 0 Å². The molecule has 70 valence electrons.